The van der Waals surface area contributed by atoms with Crippen molar-refractivity contribution in [2.75, 3.05) is 27.8 Å². The molecule has 0 aromatic heterocycles. The third-order valence-electron chi connectivity index (χ3n) is 3.22. The molecule has 1 aromatic rings. The average Bonchev–Trinajstić information content (AvgIpc) is 3.08. The van der Waals surface area contributed by atoms with Crippen molar-refractivity contribution in [3.63, 3.8) is 0 Å². The van der Waals surface area contributed by atoms with Gasteiger partial charge in [0, 0.05) is 0 Å². The van der Waals surface area contributed by atoms with Crippen LogP contribution >= 0.6 is 0 Å². The Hall–Kier alpha value is -1.22. The number of rotatable bonds is 5. The van der Waals surface area contributed by atoms with Crippen LogP contribution in [-0.4, -0.2) is 27.8 Å². The van der Waals surface area contributed by atoms with Crippen LogP contribution in [0, 0.1) is 5.92 Å². The molecule has 0 aliphatic heterocycles. The summed E-state index contributed by atoms with van der Waals surface area (Å²) in [5.74, 6) is 3.10. The summed E-state index contributed by atoms with van der Waals surface area (Å²) in [5, 5.41) is 3.22. The quantitative estimate of drug-likeness (QED) is 0.825. The summed E-state index contributed by atoms with van der Waals surface area (Å²) in [6, 6.07) is 6.23. The van der Waals surface area contributed by atoms with Gasteiger partial charge in [0.15, 0.2) is 11.5 Å². The second-order valence-electron chi connectivity index (χ2n) is 4.27. The summed E-state index contributed by atoms with van der Waals surface area (Å²) in [7, 11) is 5.35. The van der Waals surface area contributed by atoms with Crippen LogP contribution in [0.3, 0.4) is 0 Å². The van der Waals surface area contributed by atoms with Crippen molar-refractivity contribution >= 4 is 0 Å². The van der Waals surface area contributed by atoms with E-state index in [1.165, 1.54) is 12.0 Å². The molecule has 16 heavy (non-hydrogen) atoms. The van der Waals surface area contributed by atoms with Crippen molar-refractivity contribution in [2.45, 2.75) is 12.3 Å². The first kappa shape index (κ1) is 11.3. The Kier molecular flexibility index (Phi) is 3.34. The molecular weight excluding hydrogens is 202 g/mol. The van der Waals surface area contributed by atoms with Crippen LogP contribution in [0.25, 0.3) is 0 Å². The van der Waals surface area contributed by atoms with Crippen LogP contribution < -0.4 is 14.8 Å². The molecule has 0 unspecified atom stereocenters. The third-order valence-corrected chi connectivity index (χ3v) is 3.22. The molecule has 1 aliphatic carbocycles. The normalized spacial score (nSPS) is 22.9. The predicted molar refractivity (Wildman–Crippen MR) is 64.3 cm³/mol. The van der Waals surface area contributed by atoms with Gasteiger partial charge in [-0.25, -0.2) is 0 Å². The minimum Gasteiger partial charge on any atom is -0.493 e. The summed E-state index contributed by atoms with van der Waals surface area (Å²) < 4.78 is 10.5. The van der Waals surface area contributed by atoms with Crippen molar-refractivity contribution in [1.82, 2.24) is 5.32 Å². The maximum atomic E-state index is 5.31. The van der Waals surface area contributed by atoms with E-state index in [2.05, 4.69) is 17.4 Å². The summed E-state index contributed by atoms with van der Waals surface area (Å²) >= 11 is 0. The molecule has 1 fully saturated rings. The molecule has 0 amide bonds. The Balaban J connectivity index is 2.12. The van der Waals surface area contributed by atoms with Crippen LogP contribution in [0.15, 0.2) is 18.2 Å². The summed E-state index contributed by atoms with van der Waals surface area (Å²) in [5.41, 5.74) is 1.36. The van der Waals surface area contributed by atoms with Crippen LogP contribution in [0.4, 0.5) is 0 Å². The van der Waals surface area contributed by atoms with Crippen LogP contribution in [0.2, 0.25) is 0 Å². The van der Waals surface area contributed by atoms with Gasteiger partial charge < -0.3 is 14.8 Å². The molecule has 2 atom stereocenters. The fraction of sp³-hybridized carbons (Fsp3) is 0.538. The monoisotopic (exact) mass is 221 g/mol. The van der Waals surface area contributed by atoms with E-state index in [-0.39, 0.29) is 0 Å². The van der Waals surface area contributed by atoms with Crippen LogP contribution in [0.1, 0.15) is 17.9 Å². The molecule has 0 heterocycles. The molecule has 1 aliphatic rings. The molecule has 0 spiro atoms. The Morgan fingerprint density at radius 1 is 1.25 bits per heavy atom. The zero-order chi connectivity index (χ0) is 11.5. The second kappa shape index (κ2) is 4.74. The van der Waals surface area contributed by atoms with E-state index in [0.29, 0.717) is 5.92 Å². The summed E-state index contributed by atoms with van der Waals surface area (Å²) in [6.07, 6.45) is 1.27. The van der Waals surface area contributed by atoms with Gasteiger partial charge >= 0.3 is 0 Å². The minimum absolute atomic E-state index is 0.687. The first-order chi connectivity index (χ1) is 7.80. The molecular formula is C13H19NO2. The lowest BCUT2D eigenvalue weighted by Gasteiger charge is -2.09. The van der Waals surface area contributed by atoms with Gasteiger partial charge in [-0.15, -0.1) is 0 Å². The number of hydrogen-bond acceptors (Lipinski definition) is 3. The van der Waals surface area contributed by atoms with E-state index in [0.717, 1.165) is 24.0 Å². The molecule has 1 N–H and O–H groups in total. The summed E-state index contributed by atoms with van der Waals surface area (Å²) in [4.78, 5) is 0. The highest BCUT2D eigenvalue weighted by Crippen LogP contribution is 2.48. The molecule has 0 saturated heterocycles. The molecule has 88 valence electrons. The maximum Gasteiger partial charge on any atom is 0.160 e. The van der Waals surface area contributed by atoms with E-state index in [1.807, 2.05) is 13.1 Å². The maximum absolute atomic E-state index is 5.31. The lowest BCUT2D eigenvalue weighted by molar-refractivity contribution is 0.354. The highest BCUT2D eigenvalue weighted by atomic mass is 16.5. The highest BCUT2D eigenvalue weighted by molar-refractivity contribution is 5.45. The van der Waals surface area contributed by atoms with E-state index in [4.69, 9.17) is 9.47 Å². The predicted octanol–water partition coefficient (Wildman–Crippen LogP) is 2.03. The topological polar surface area (TPSA) is 30.5 Å². The molecule has 3 nitrogen and oxygen atoms in total. The van der Waals surface area contributed by atoms with E-state index in [1.54, 1.807) is 14.2 Å². The SMILES string of the molecule is CNC[C@H]1C[C@@H]1c1ccc(OC)c(OC)c1. The zero-order valence-corrected chi connectivity index (χ0v) is 10.1. The van der Waals surface area contributed by atoms with E-state index < -0.39 is 0 Å². The van der Waals surface area contributed by atoms with Gasteiger partial charge in [-0.3, -0.25) is 0 Å². The smallest absolute Gasteiger partial charge is 0.160 e. The van der Waals surface area contributed by atoms with Crippen molar-refractivity contribution in [1.29, 1.82) is 0 Å². The third kappa shape index (κ3) is 2.14. The fourth-order valence-corrected chi connectivity index (χ4v) is 2.23. The minimum atomic E-state index is 0.687. The summed E-state index contributed by atoms with van der Waals surface area (Å²) in [6.45, 7) is 1.10. The Labute approximate surface area is 96.8 Å². The molecule has 3 heteroatoms. The highest BCUT2D eigenvalue weighted by Gasteiger charge is 2.37. The lowest BCUT2D eigenvalue weighted by Crippen LogP contribution is -2.10. The Morgan fingerprint density at radius 3 is 2.62 bits per heavy atom. The van der Waals surface area contributed by atoms with Crippen molar-refractivity contribution < 1.29 is 9.47 Å². The Bertz CT molecular complexity index is 365. The van der Waals surface area contributed by atoms with Gasteiger partial charge in [0.2, 0.25) is 0 Å². The standard InChI is InChI=1S/C13H19NO2/c1-14-8-10-6-11(10)9-4-5-12(15-2)13(7-9)16-3/h4-5,7,10-11,14H,6,8H2,1-3H3/t10-,11-/m1/s1. The molecule has 2 rings (SSSR count). The molecule has 0 bridgehead atoms. The first-order valence-corrected chi connectivity index (χ1v) is 5.66. The number of methoxy groups -OCH3 is 2. The largest absolute Gasteiger partial charge is 0.493 e. The van der Waals surface area contributed by atoms with Gasteiger partial charge in [-0.2, -0.15) is 0 Å². The zero-order valence-electron chi connectivity index (χ0n) is 10.1. The van der Waals surface area contributed by atoms with Crippen LogP contribution in [-0.2, 0) is 0 Å². The van der Waals surface area contributed by atoms with Gasteiger partial charge in [-0.1, -0.05) is 6.07 Å². The number of ether oxygens (including phenoxy) is 2. The van der Waals surface area contributed by atoms with Crippen LogP contribution in [0.5, 0.6) is 11.5 Å². The van der Waals surface area contributed by atoms with Crippen molar-refractivity contribution in [3.05, 3.63) is 23.8 Å². The van der Waals surface area contributed by atoms with E-state index in [9.17, 15) is 0 Å². The molecule has 1 aromatic carbocycles. The van der Waals surface area contributed by atoms with Gasteiger partial charge in [0.25, 0.3) is 0 Å². The number of hydrogen-bond donors (Lipinski definition) is 1. The lowest BCUT2D eigenvalue weighted by atomic mass is 10.1. The van der Waals surface area contributed by atoms with Gasteiger partial charge in [0.1, 0.15) is 0 Å². The number of nitrogens with one attached hydrogen (secondary N) is 1. The molecule has 0 radical (unpaired) electrons. The number of benzene rings is 1. The van der Waals surface area contributed by atoms with Gasteiger partial charge in [0.05, 0.1) is 14.2 Å². The fourth-order valence-electron chi connectivity index (χ4n) is 2.23. The van der Waals surface area contributed by atoms with Crippen molar-refractivity contribution in [3.8, 4) is 11.5 Å². The molecule has 1 saturated carbocycles. The Morgan fingerprint density at radius 2 is 2.00 bits per heavy atom. The van der Waals surface area contributed by atoms with Crippen molar-refractivity contribution in [2.24, 2.45) is 5.92 Å². The average molecular weight is 221 g/mol. The second-order valence-corrected chi connectivity index (χ2v) is 4.27. The van der Waals surface area contributed by atoms with Gasteiger partial charge in [-0.05, 0) is 49.5 Å². The first-order valence-electron chi connectivity index (χ1n) is 5.66. The van der Waals surface area contributed by atoms with E-state index >= 15 is 0 Å².